The standard InChI is InChI=1S/C10H13BrN4O2S2/c1-6(2)5-15-9(8-7(11)3-4-18-8)13-14-10(15)19(12,16)17/h3-4,6H,5H2,1-2H3,(H2,12,16,17). The topological polar surface area (TPSA) is 90.9 Å². The lowest BCUT2D eigenvalue weighted by Crippen LogP contribution is -2.20. The molecule has 2 rings (SSSR count). The van der Waals surface area contributed by atoms with Gasteiger partial charge in [-0.3, -0.25) is 4.57 Å². The summed E-state index contributed by atoms with van der Waals surface area (Å²) in [4.78, 5) is 0.836. The van der Waals surface area contributed by atoms with Gasteiger partial charge in [-0.05, 0) is 33.3 Å². The van der Waals surface area contributed by atoms with Gasteiger partial charge in [-0.25, -0.2) is 13.6 Å². The molecule has 2 heterocycles. The fraction of sp³-hybridized carbons (Fsp3) is 0.400. The number of aromatic nitrogens is 3. The molecule has 0 unspecified atom stereocenters. The number of sulfonamides is 1. The molecule has 0 saturated carbocycles. The molecule has 104 valence electrons. The second-order valence-electron chi connectivity index (χ2n) is 4.45. The summed E-state index contributed by atoms with van der Waals surface area (Å²) in [5, 5.41) is 14.6. The van der Waals surface area contributed by atoms with Gasteiger partial charge in [0.15, 0.2) is 5.82 Å². The Morgan fingerprint density at radius 1 is 1.47 bits per heavy atom. The lowest BCUT2D eigenvalue weighted by Gasteiger charge is -2.11. The van der Waals surface area contributed by atoms with Crippen molar-refractivity contribution in [2.24, 2.45) is 11.1 Å². The summed E-state index contributed by atoms with van der Waals surface area (Å²) in [7, 11) is -3.88. The molecular formula is C10H13BrN4O2S2. The molecule has 0 aliphatic heterocycles. The minimum atomic E-state index is -3.88. The van der Waals surface area contributed by atoms with Crippen molar-refractivity contribution in [2.45, 2.75) is 25.5 Å². The molecule has 0 radical (unpaired) electrons. The van der Waals surface area contributed by atoms with Crippen LogP contribution in [0, 0.1) is 5.92 Å². The fourth-order valence-electron chi connectivity index (χ4n) is 1.65. The summed E-state index contributed by atoms with van der Waals surface area (Å²) in [5.41, 5.74) is 0. The average Bonchev–Trinajstić information content (AvgIpc) is 2.82. The average molecular weight is 365 g/mol. The first-order chi connectivity index (χ1) is 8.80. The summed E-state index contributed by atoms with van der Waals surface area (Å²) >= 11 is 4.87. The van der Waals surface area contributed by atoms with E-state index in [1.165, 1.54) is 11.3 Å². The van der Waals surface area contributed by atoms with E-state index in [1.54, 1.807) is 4.57 Å². The van der Waals surface area contributed by atoms with E-state index in [2.05, 4.69) is 26.1 Å². The molecule has 0 fully saturated rings. The fourth-order valence-corrected chi connectivity index (χ4v) is 3.82. The molecule has 19 heavy (non-hydrogen) atoms. The lowest BCUT2D eigenvalue weighted by molar-refractivity contribution is 0.486. The Morgan fingerprint density at radius 2 is 2.16 bits per heavy atom. The van der Waals surface area contributed by atoms with Crippen LogP contribution in [0.1, 0.15) is 13.8 Å². The SMILES string of the molecule is CC(C)Cn1c(-c2sccc2Br)nnc1S(N)(=O)=O. The van der Waals surface area contributed by atoms with Gasteiger partial charge < -0.3 is 0 Å². The number of halogens is 1. The van der Waals surface area contributed by atoms with Crippen molar-refractivity contribution in [3.63, 3.8) is 0 Å². The van der Waals surface area contributed by atoms with Crippen LogP contribution in [0.5, 0.6) is 0 Å². The molecule has 2 aromatic rings. The number of nitrogens with zero attached hydrogens (tertiary/aromatic N) is 3. The van der Waals surface area contributed by atoms with Crippen LogP contribution in [-0.2, 0) is 16.6 Å². The molecule has 0 amide bonds. The van der Waals surface area contributed by atoms with E-state index in [-0.39, 0.29) is 11.1 Å². The van der Waals surface area contributed by atoms with Crippen LogP contribution in [0.25, 0.3) is 10.7 Å². The Kier molecular flexibility index (Phi) is 4.09. The van der Waals surface area contributed by atoms with E-state index in [9.17, 15) is 8.42 Å². The Morgan fingerprint density at radius 3 is 2.63 bits per heavy atom. The lowest BCUT2D eigenvalue weighted by atomic mass is 10.2. The van der Waals surface area contributed by atoms with E-state index in [0.29, 0.717) is 12.4 Å². The molecule has 2 N–H and O–H groups in total. The van der Waals surface area contributed by atoms with E-state index in [1.807, 2.05) is 25.3 Å². The van der Waals surface area contributed by atoms with E-state index < -0.39 is 10.0 Å². The number of primary sulfonamides is 1. The third kappa shape index (κ3) is 3.04. The van der Waals surface area contributed by atoms with Gasteiger partial charge in [-0.1, -0.05) is 13.8 Å². The quantitative estimate of drug-likeness (QED) is 0.898. The molecule has 0 aliphatic carbocycles. The first-order valence-corrected chi connectivity index (χ1v) is 8.72. The highest BCUT2D eigenvalue weighted by Crippen LogP contribution is 2.33. The molecular weight excluding hydrogens is 352 g/mol. The molecule has 0 saturated heterocycles. The third-order valence-corrected chi connectivity index (χ3v) is 4.98. The van der Waals surface area contributed by atoms with E-state index in [4.69, 9.17) is 5.14 Å². The van der Waals surface area contributed by atoms with Crippen molar-refractivity contribution in [3.05, 3.63) is 15.9 Å². The minimum Gasteiger partial charge on any atom is -0.296 e. The highest BCUT2D eigenvalue weighted by atomic mass is 79.9. The number of rotatable bonds is 4. The van der Waals surface area contributed by atoms with Gasteiger partial charge in [0, 0.05) is 11.0 Å². The summed E-state index contributed by atoms with van der Waals surface area (Å²) in [6.07, 6.45) is 0. The van der Waals surface area contributed by atoms with E-state index >= 15 is 0 Å². The molecule has 0 atom stereocenters. The van der Waals surface area contributed by atoms with Crippen molar-refractivity contribution in [1.29, 1.82) is 0 Å². The summed E-state index contributed by atoms with van der Waals surface area (Å²) in [5.74, 6) is 0.758. The molecule has 0 spiro atoms. The van der Waals surface area contributed by atoms with Crippen molar-refractivity contribution in [3.8, 4) is 10.7 Å². The smallest absolute Gasteiger partial charge is 0.273 e. The first kappa shape index (κ1) is 14.6. The zero-order chi connectivity index (χ0) is 14.2. The maximum absolute atomic E-state index is 11.5. The number of hydrogen-bond acceptors (Lipinski definition) is 5. The second-order valence-corrected chi connectivity index (χ2v) is 7.68. The summed E-state index contributed by atoms with van der Waals surface area (Å²) in [6.45, 7) is 4.46. The number of thiophene rings is 1. The Bertz CT molecular complexity index is 690. The Hall–Kier alpha value is -0.770. The zero-order valence-electron chi connectivity index (χ0n) is 10.4. The predicted molar refractivity (Wildman–Crippen MR) is 77.2 cm³/mol. The van der Waals surface area contributed by atoms with Gasteiger partial charge in [-0.2, -0.15) is 0 Å². The summed E-state index contributed by atoms with van der Waals surface area (Å²) in [6, 6.07) is 1.88. The van der Waals surface area contributed by atoms with Crippen LogP contribution in [0.3, 0.4) is 0 Å². The molecule has 9 heteroatoms. The number of hydrogen-bond donors (Lipinski definition) is 1. The normalized spacial score (nSPS) is 12.3. The number of nitrogens with two attached hydrogens (primary N) is 1. The molecule has 0 bridgehead atoms. The Labute approximate surface area is 123 Å². The maximum Gasteiger partial charge on any atom is 0.273 e. The van der Waals surface area contributed by atoms with Gasteiger partial charge in [0.1, 0.15) is 0 Å². The van der Waals surface area contributed by atoms with Crippen LogP contribution in [-0.4, -0.2) is 23.2 Å². The van der Waals surface area contributed by atoms with Crippen molar-refractivity contribution in [1.82, 2.24) is 14.8 Å². The predicted octanol–water partition coefficient (Wildman–Crippen LogP) is 2.07. The van der Waals surface area contributed by atoms with Gasteiger partial charge in [0.2, 0.25) is 0 Å². The van der Waals surface area contributed by atoms with Gasteiger partial charge in [0.25, 0.3) is 15.2 Å². The van der Waals surface area contributed by atoms with Crippen LogP contribution in [0.4, 0.5) is 0 Å². The van der Waals surface area contributed by atoms with Gasteiger partial charge in [0.05, 0.1) is 4.88 Å². The van der Waals surface area contributed by atoms with Gasteiger partial charge in [-0.15, -0.1) is 21.5 Å². The highest BCUT2D eigenvalue weighted by molar-refractivity contribution is 9.10. The van der Waals surface area contributed by atoms with Crippen molar-refractivity contribution >= 4 is 37.3 Å². The zero-order valence-corrected chi connectivity index (χ0v) is 13.6. The summed E-state index contributed by atoms with van der Waals surface area (Å²) < 4.78 is 25.5. The first-order valence-electron chi connectivity index (χ1n) is 5.50. The van der Waals surface area contributed by atoms with Crippen molar-refractivity contribution < 1.29 is 8.42 Å². The van der Waals surface area contributed by atoms with Gasteiger partial charge >= 0.3 is 0 Å². The molecule has 6 nitrogen and oxygen atoms in total. The monoisotopic (exact) mass is 364 g/mol. The maximum atomic E-state index is 11.5. The van der Waals surface area contributed by atoms with Crippen LogP contribution in [0.15, 0.2) is 21.1 Å². The van der Waals surface area contributed by atoms with Crippen molar-refractivity contribution in [2.75, 3.05) is 0 Å². The molecule has 2 aromatic heterocycles. The van der Waals surface area contributed by atoms with Crippen LogP contribution >= 0.6 is 27.3 Å². The van der Waals surface area contributed by atoms with Crippen LogP contribution in [0.2, 0.25) is 0 Å². The third-order valence-electron chi connectivity index (χ3n) is 2.34. The minimum absolute atomic E-state index is 0.198. The molecule has 0 aliphatic rings. The van der Waals surface area contributed by atoms with E-state index in [0.717, 1.165) is 9.35 Å². The second kappa shape index (κ2) is 5.31. The largest absolute Gasteiger partial charge is 0.296 e. The highest BCUT2D eigenvalue weighted by Gasteiger charge is 2.24. The molecule has 0 aromatic carbocycles. The Balaban J connectivity index is 2.63. The van der Waals surface area contributed by atoms with Crippen LogP contribution < -0.4 is 5.14 Å².